The number of halogens is 4. The molecule has 0 aromatic heterocycles. The van der Waals surface area contributed by atoms with Crippen molar-refractivity contribution < 1.29 is 22.4 Å². The van der Waals surface area contributed by atoms with Crippen molar-refractivity contribution in [3.8, 4) is 0 Å². The minimum absolute atomic E-state index is 0.000550. The third-order valence-electron chi connectivity index (χ3n) is 6.18. The lowest BCUT2D eigenvalue weighted by Crippen LogP contribution is -2.53. The Morgan fingerprint density at radius 2 is 1.63 bits per heavy atom. The van der Waals surface area contributed by atoms with Crippen LogP contribution in [0.4, 0.5) is 10.1 Å². The fraction of sp³-hybridized carbons (Fsp3) is 0.310. The van der Waals surface area contributed by atoms with Crippen molar-refractivity contribution in [2.24, 2.45) is 5.92 Å². The van der Waals surface area contributed by atoms with E-state index in [4.69, 9.17) is 34.8 Å². The van der Waals surface area contributed by atoms with E-state index in [0.29, 0.717) is 17.1 Å². The molecule has 0 aliphatic carbocycles. The topological polar surface area (TPSA) is 86.8 Å². The summed E-state index contributed by atoms with van der Waals surface area (Å²) in [6.07, 6.45) is 1.08. The molecule has 0 aliphatic rings. The first kappa shape index (κ1) is 32.7. The SMILES string of the molecule is CC(C)CNC(=O)[C@@H](Cc1ccccc1)N(Cc1ccc(Cl)cc1Cl)C(=O)CN(c1ccc(F)c(Cl)c1)S(C)(=O)=O. The molecule has 1 N–H and O–H groups in total. The second-order valence-electron chi connectivity index (χ2n) is 9.97. The Kier molecular flexibility index (Phi) is 11.4. The Bertz CT molecular complexity index is 1490. The fourth-order valence-electron chi connectivity index (χ4n) is 4.06. The number of rotatable bonds is 12. The molecule has 0 radical (unpaired) electrons. The number of nitrogens with one attached hydrogen (secondary N) is 1. The van der Waals surface area contributed by atoms with Crippen molar-refractivity contribution in [3.05, 3.63) is 98.7 Å². The molecule has 0 heterocycles. The van der Waals surface area contributed by atoms with E-state index >= 15 is 0 Å². The average Bonchev–Trinajstić information content (AvgIpc) is 2.90. The lowest BCUT2D eigenvalue weighted by molar-refractivity contribution is -0.140. The molecular weight excluding hydrogens is 612 g/mol. The van der Waals surface area contributed by atoms with Gasteiger partial charge in [-0.2, -0.15) is 0 Å². The number of carbonyl (C=O) groups is 2. The van der Waals surface area contributed by atoms with Gasteiger partial charge in [0, 0.05) is 29.6 Å². The third kappa shape index (κ3) is 9.33. The van der Waals surface area contributed by atoms with Gasteiger partial charge in [-0.05, 0) is 47.4 Å². The Morgan fingerprint density at radius 3 is 2.22 bits per heavy atom. The van der Waals surface area contributed by atoms with Crippen LogP contribution < -0.4 is 9.62 Å². The molecule has 1 atom stereocenters. The van der Waals surface area contributed by atoms with Gasteiger partial charge in [0.1, 0.15) is 18.4 Å². The van der Waals surface area contributed by atoms with Gasteiger partial charge in [0.05, 0.1) is 17.0 Å². The van der Waals surface area contributed by atoms with Crippen LogP contribution in [0.15, 0.2) is 66.7 Å². The van der Waals surface area contributed by atoms with E-state index in [-0.39, 0.29) is 34.6 Å². The first-order valence-electron chi connectivity index (χ1n) is 12.7. The largest absolute Gasteiger partial charge is 0.354 e. The van der Waals surface area contributed by atoms with Crippen LogP contribution in [-0.2, 0) is 32.6 Å². The minimum atomic E-state index is -4.03. The summed E-state index contributed by atoms with van der Waals surface area (Å²) in [6.45, 7) is 3.48. The molecule has 0 unspecified atom stereocenters. The molecule has 0 aliphatic heterocycles. The molecule has 12 heteroatoms. The highest BCUT2D eigenvalue weighted by Gasteiger charge is 2.33. The monoisotopic (exact) mass is 641 g/mol. The second-order valence-corrected chi connectivity index (χ2v) is 13.1. The molecule has 0 fully saturated rings. The Hall–Kier alpha value is -2.85. The van der Waals surface area contributed by atoms with Crippen molar-refractivity contribution in [3.63, 3.8) is 0 Å². The zero-order valence-electron chi connectivity index (χ0n) is 22.8. The number of hydrogen-bond acceptors (Lipinski definition) is 4. The summed E-state index contributed by atoms with van der Waals surface area (Å²) >= 11 is 18.4. The molecule has 3 aromatic carbocycles. The first-order valence-corrected chi connectivity index (χ1v) is 15.7. The summed E-state index contributed by atoms with van der Waals surface area (Å²) in [5, 5.41) is 3.27. The van der Waals surface area contributed by atoms with Crippen LogP contribution in [0, 0.1) is 11.7 Å². The third-order valence-corrected chi connectivity index (χ3v) is 8.20. The number of benzene rings is 3. The molecule has 0 bridgehead atoms. The van der Waals surface area contributed by atoms with E-state index in [2.05, 4.69) is 5.32 Å². The molecular formula is C29H31Cl3FN3O4S. The van der Waals surface area contributed by atoms with E-state index in [1.807, 2.05) is 44.2 Å². The van der Waals surface area contributed by atoms with Crippen LogP contribution in [0.1, 0.15) is 25.0 Å². The highest BCUT2D eigenvalue weighted by atomic mass is 35.5. The molecule has 0 saturated carbocycles. The van der Waals surface area contributed by atoms with Gasteiger partial charge in [-0.25, -0.2) is 12.8 Å². The van der Waals surface area contributed by atoms with Crippen molar-refractivity contribution in [2.75, 3.05) is 23.7 Å². The maximum atomic E-state index is 14.0. The predicted molar refractivity (Wildman–Crippen MR) is 162 cm³/mol. The number of amides is 2. The lowest BCUT2D eigenvalue weighted by atomic mass is 10.0. The van der Waals surface area contributed by atoms with E-state index in [9.17, 15) is 22.4 Å². The van der Waals surface area contributed by atoms with Gasteiger partial charge in [0.25, 0.3) is 0 Å². The van der Waals surface area contributed by atoms with Crippen LogP contribution in [0.25, 0.3) is 0 Å². The Morgan fingerprint density at radius 1 is 0.951 bits per heavy atom. The smallest absolute Gasteiger partial charge is 0.244 e. The number of anilines is 1. The summed E-state index contributed by atoms with van der Waals surface area (Å²) in [4.78, 5) is 29.0. The Labute approximate surface area is 255 Å². The Balaban J connectivity index is 2.08. The predicted octanol–water partition coefficient (Wildman–Crippen LogP) is 5.96. The lowest BCUT2D eigenvalue weighted by Gasteiger charge is -2.34. The molecule has 0 saturated heterocycles. The number of nitrogens with zero attached hydrogens (tertiary/aromatic N) is 2. The summed E-state index contributed by atoms with van der Waals surface area (Å²) in [6, 6.07) is 16.3. The van der Waals surface area contributed by atoms with E-state index < -0.39 is 40.2 Å². The molecule has 0 spiro atoms. The van der Waals surface area contributed by atoms with Gasteiger partial charge in [-0.15, -0.1) is 0 Å². The van der Waals surface area contributed by atoms with Crippen LogP contribution >= 0.6 is 34.8 Å². The molecule has 7 nitrogen and oxygen atoms in total. The summed E-state index contributed by atoms with van der Waals surface area (Å²) in [5.74, 6) is -1.67. The number of carbonyl (C=O) groups excluding carboxylic acids is 2. The van der Waals surface area contributed by atoms with Crippen LogP contribution in [0.5, 0.6) is 0 Å². The molecule has 3 rings (SSSR count). The van der Waals surface area contributed by atoms with Gasteiger partial charge >= 0.3 is 0 Å². The van der Waals surface area contributed by atoms with E-state index in [0.717, 1.165) is 28.3 Å². The summed E-state index contributed by atoms with van der Waals surface area (Å²) in [7, 11) is -4.03. The summed E-state index contributed by atoms with van der Waals surface area (Å²) < 4.78 is 40.3. The first-order chi connectivity index (χ1) is 19.3. The van der Waals surface area contributed by atoms with Crippen molar-refractivity contribution in [1.29, 1.82) is 0 Å². The quantitative estimate of drug-likeness (QED) is 0.264. The standard InChI is InChI=1S/C29H31Cl3FN3O4S/c1-19(2)16-34-29(38)27(13-20-7-5-4-6-8-20)35(17-21-9-10-22(30)14-24(21)31)28(37)18-36(41(3,39)40)23-11-12-26(33)25(32)15-23/h4-12,14-15,19,27H,13,16-18H2,1-3H3,(H,34,38)/t27-/m1/s1. The van der Waals surface area contributed by atoms with Gasteiger partial charge in [0.15, 0.2) is 0 Å². The van der Waals surface area contributed by atoms with Crippen molar-refractivity contribution in [1.82, 2.24) is 10.2 Å². The fourth-order valence-corrected chi connectivity index (χ4v) is 5.55. The van der Waals surface area contributed by atoms with Gasteiger partial charge in [0.2, 0.25) is 21.8 Å². The molecule has 41 heavy (non-hydrogen) atoms. The summed E-state index contributed by atoms with van der Waals surface area (Å²) in [5.41, 5.74) is 1.30. The van der Waals surface area contributed by atoms with Gasteiger partial charge in [-0.1, -0.05) is 85.0 Å². The molecule has 3 aromatic rings. The maximum Gasteiger partial charge on any atom is 0.244 e. The zero-order chi connectivity index (χ0) is 30.3. The molecule has 220 valence electrons. The second kappa shape index (κ2) is 14.4. The van der Waals surface area contributed by atoms with E-state index in [1.165, 1.54) is 17.0 Å². The highest BCUT2D eigenvalue weighted by molar-refractivity contribution is 7.92. The maximum absolute atomic E-state index is 14.0. The van der Waals surface area contributed by atoms with Gasteiger partial charge in [-0.3, -0.25) is 13.9 Å². The minimum Gasteiger partial charge on any atom is -0.354 e. The zero-order valence-corrected chi connectivity index (χ0v) is 25.9. The van der Waals surface area contributed by atoms with Crippen molar-refractivity contribution >= 4 is 62.3 Å². The molecule has 2 amide bonds. The van der Waals surface area contributed by atoms with Crippen LogP contribution in [0.2, 0.25) is 15.1 Å². The average molecular weight is 643 g/mol. The van der Waals surface area contributed by atoms with Crippen LogP contribution in [0.3, 0.4) is 0 Å². The van der Waals surface area contributed by atoms with E-state index in [1.54, 1.807) is 12.1 Å². The number of hydrogen-bond donors (Lipinski definition) is 1. The van der Waals surface area contributed by atoms with Gasteiger partial charge < -0.3 is 10.2 Å². The van der Waals surface area contributed by atoms with Crippen molar-refractivity contribution in [2.45, 2.75) is 32.9 Å². The number of sulfonamides is 1. The van der Waals surface area contributed by atoms with Crippen LogP contribution in [-0.4, -0.2) is 50.5 Å². The normalized spacial score (nSPS) is 12.2. The highest BCUT2D eigenvalue weighted by Crippen LogP contribution is 2.27.